The third-order valence-corrected chi connectivity index (χ3v) is 6.09. The number of carbonyl (C=O) groups is 2. The number of fused-ring (bicyclic) bond motifs is 1. The molecule has 3 aromatic rings. The summed E-state index contributed by atoms with van der Waals surface area (Å²) >= 11 is 0. The van der Waals surface area contributed by atoms with Gasteiger partial charge >= 0.3 is 0 Å². The lowest BCUT2D eigenvalue weighted by Gasteiger charge is -2.35. The number of methoxy groups -OCH3 is 1. The second-order valence-corrected chi connectivity index (χ2v) is 8.31. The van der Waals surface area contributed by atoms with Gasteiger partial charge in [0.1, 0.15) is 11.6 Å². The van der Waals surface area contributed by atoms with Crippen LogP contribution >= 0.6 is 0 Å². The number of pyridine rings is 1. The van der Waals surface area contributed by atoms with Crippen LogP contribution in [0, 0.1) is 13.8 Å². The number of aryl methyl sites for hydroxylation is 2. The number of benzene rings is 2. The Hall–Kier alpha value is -3.41. The fraction of sp³-hybridized carbons (Fsp3) is 0.346. The second-order valence-electron chi connectivity index (χ2n) is 8.31. The van der Waals surface area contributed by atoms with Crippen molar-refractivity contribution in [2.45, 2.75) is 26.7 Å². The van der Waals surface area contributed by atoms with Crippen molar-refractivity contribution in [1.82, 2.24) is 9.88 Å². The molecule has 4 rings (SSSR count). The largest absolute Gasteiger partial charge is 0.496 e. The molecule has 0 unspecified atom stereocenters. The molecule has 2 heterocycles. The number of ether oxygens (including phenoxy) is 1. The van der Waals surface area contributed by atoms with Gasteiger partial charge < -0.3 is 14.5 Å². The Balaban J connectivity index is 1.34. The Labute approximate surface area is 188 Å². The van der Waals surface area contributed by atoms with Crippen molar-refractivity contribution in [3.8, 4) is 5.75 Å². The zero-order chi connectivity index (χ0) is 22.7. The molecule has 1 saturated heterocycles. The molecule has 1 aromatic heterocycles. The molecule has 6 heteroatoms. The molecule has 0 atom stereocenters. The number of anilines is 1. The van der Waals surface area contributed by atoms with Gasteiger partial charge in [-0.15, -0.1) is 0 Å². The van der Waals surface area contributed by atoms with E-state index >= 15 is 0 Å². The smallest absolute Gasteiger partial charge is 0.223 e. The van der Waals surface area contributed by atoms with E-state index in [0.717, 1.165) is 30.0 Å². The van der Waals surface area contributed by atoms with Crippen LogP contribution in [0.4, 0.5) is 5.82 Å². The maximum absolute atomic E-state index is 12.7. The average molecular weight is 432 g/mol. The van der Waals surface area contributed by atoms with E-state index in [1.165, 1.54) is 10.9 Å². The molecule has 166 valence electrons. The summed E-state index contributed by atoms with van der Waals surface area (Å²) in [6.07, 6.45) is 0.396. The Morgan fingerprint density at radius 3 is 2.47 bits per heavy atom. The number of carbonyl (C=O) groups excluding carboxylic acids is 2. The van der Waals surface area contributed by atoms with Gasteiger partial charge in [-0.2, -0.15) is 0 Å². The molecule has 0 spiro atoms. The highest BCUT2D eigenvalue weighted by Gasteiger charge is 2.23. The molecule has 1 aliphatic heterocycles. The van der Waals surface area contributed by atoms with Gasteiger partial charge in [0.2, 0.25) is 5.91 Å². The zero-order valence-electron chi connectivity index (χ0n) is 18.9. The number of hydrogen-bond donors (Lipinski definition) is 0. The van der Waals surface area contributed by atoms with Gasteiger partial charge in [-0.25, -0.2) is 4.98 Å². The van der Waals surface area contributed by atoms with Crippen LogP contribution in [0.2, 0.25) is 0 Å². The summed E-state index contributed by atoms with van der Waals surface area (Å²) in [5.41, 5.74) is 3.73. The Morgan fingerprint density at radius 2 is 1.72 bits per heavy atom. The van der Waals surface area contributed by atoms with E-state index in [1.807, 2.05) is 42.2 Å². The number of hydrogen-bond acceptors (Lipinski definition) is 5. The van der Waals surface area contributed by atoms with Crippen LogP contribution in [-0.4, -0.2) is 54.9 Å². The van der Waals surface area contributed by atoms with Crippen molar-refractivity contribution in [1.29, 1.82) is 0 Å². The maximum Gasteiger partial charge on any atom is 0.223 e. The SMILES string of the molecule is COc1ccc(C)cc1C(=O)CCC(=O)N1CCN(c2cc(C)c3ccccc3n2)CC1. The van der Waals surface area contributed by atoms with Crippen molar-refractivity contribution >= 4 is 28.4 Å². The first-order valence-electron chi connectivity index (χ1n) is 11.0. The van der Waals surface area contributed by atoms with Crippen molar-refractivity contribution in [3.05, 3.63) is 65.2 Å². The van der Waals surface area contributed by atoms with Crippen LogP contribution < -0.4 is 9.64 Å². The molecular weight excluding hydrogens is 402 g/mol. The van der Waals surface area contributed by atoms with Crippen LogP contribution in [0.25, 0.3) is 10.9 Å². The summed E-state index contributed by atoms with van der Waals surface area (Å²) in [5, 5.41) is 1.17. The van der Waals surface area contributed by atoms with E-state index in [1.54, 1.807) is 13.2 Å². The van der Waals surface area contributed by atoms with Crippen LogP contribution in [0.15, 0.2) is 48.5 Å². The summed E-state index contributed by atoms with van der Waals surface area (Å²) in [6.45, 7) is 6.77. The highest BCUT2D eigenvalue weighted by atomic mass is 16.5. The highest BCUT2D eigenvalue weighted by Crippen LogP contribution is 2.24. The Bertz CT molecular complexity index is 1150. The second kappa shape index (κ2) is 9.39. The number of rotatable bonds is 6. The molecule has 1 fully saturated rings. The number of nitrogens with zero attached hydrogens (tertiary/aromatic N) is 3. The summed E-state index contributed by atoms with van der Waals surface area (Å²) < 4.78 is 5.31. The van der Waals surface area contributed by atoms with E-state index in [-0.39, 0.29) is 24.5 Å². The third kappa shape index (κ3) is 4.59. The molecule has 0 bridgehead atoms. The minimum absolute atomic E-state index is 0.0206. The van der Waals surface area contributed by atoms with Crippen molar-refractivity contribution in [3.63, 3.8) is 0 Å². The number of para-hydroxylation sites is 1. The standard InChI is InChI=1S/C26H29N3O3/c1-18-8-10-24(32-3)21(16-18)23(30)9-11-26(31)29-14-12-28(13-15-29)25-17-19(2)20-6-4-5-7-22(20)27-25/h4-8,10,16-17H,9,11-15H2,1-3H3. The van der Waals surface area contributed by atoms with Crippen molar-refractivity contribution < 1.29 is 14.3 Å². The zero-order valence-corrected chi connectivity index (χ0v) is 18.9. The van der Waals surface area contributed by atoms with Crippen LogP contribution in [0.5, 0.6) is 5.75 Å². The molecule has 32 heavy (non-hydrogen) atoms. The van der Waals surface area contributed by atoms with Gasteiger partial charge in [0.05, 0.1) is 18.2 Å². The maximum atomic E-state index is 12.7. The van der Waals surface area contributed by atoms with Crippen molar-refractivity contribution in [2.24, 2.45) is 0 Å². The van der Waals surface area contributed by atoms with Gasteiger partial charge in [-0.3, -0.25) is 9.59 Å². The minimum atomic E-state index is -0.0617. The lowest BCUT2D eigenvalue weighted by atomic mass is 10.0. The molecule has 1 aliphatic rings. The molecule has 0 radical (unpaired) electrons. The van der Waals surface area contributed by atoms with Gasteiger partial charge in [-0.1, -0.05) is 29.8 Å². The summed E-state index contributed by atoms with van der Waals surface area (Å²) in [6, 6.07) is 15.8. The fourth-order valence-electron chi connectivity index (χ4n) is 4.23. The quantitative estimate of drug-likeness (QED) is 0.548. The van der Waals surface area contributed by atoms with Crippen LogP contribution in [0.3, 0.4) is 0 Å². The highest BCUT2D eigenvalue weighted by molar-refractivity contribution is 6.00. The molecule has 0 N–H and O–H groups in total. The van der Waals surface area contributed by atoms with Gasteiger partial charge in [0, 0.05) is 44.4 Å². The molecule has 1 amide bonds. The van der Waals surface area contributed by atoms with E-state index in [2.05, 4.69) is 24.0 Å². The topological polar surface area (TPSA) is 62.7 Å². The lowest BCUT2D eigenvalue weighted by Crippen LogP contribution is -2.49. The number of ketones is 1. The summed E-state index contributed by atoms with van der Waals surface area (Å²) in [4.78, 5) is 34.3. The molecular formula is C26H29N3O3. The van der Waals surface area contributed by atoms with E-state index in [0.29, 0.717) is 24.4 Å². The predicted octanol–water partition coefficient (Wildman–Crippen LogP) is 4.17. The van der Waals surface area contributed by atoms with Crippen LogP contribution in [0.1, 0.15) is 34.3 Å². The van der Waals surface area contributed by atoms with Crippen molar-refractivity contribution in [2.75, 3.05) is 38.2 Å². The van der Waals surface area contributed by atoms with E-state index in [4.69, 9.17) is 9.72 Å². The monoisotopic (exact) mass is 431 g/mol. The Morgan fingerprint density at radius 1 is 0.969 bits per heavy atom. The first kappa shape index (κ1) is 21.8. The number of aromatic nitrogens is 1. The molecule has 6 nitrogen and oxygen atoms in total. The normalized spacial score (nSPS) is 14.0. The van der Waals surface area contributed by atoms with Gasteiger partial charge in [0.15, 0.2) is 5.78 Å². The number of piperazine rings is 1. The first-order valence-corrected chi connectivity index (χ1v) is 11.0. The number of amides is 1. The molecule has 2 aromatic carbocycles. The number of Topliss-reactive ketones (excluding diaryl/α,β-unsaturated/α-hetero) is 1. The van der Waals surface area contributed by atoms with E-state index in [9.17, 15) is 9.59 Å². The Kier molecular flexibility index (Phi) is 6.40. The van der Waals surface area contributed by atoms with Gasteiger partial charge in [-0.05, 0) is 43.7 Å². The van der Waals surface area contributed by atoms with Crippen LogP contribution in [-0.2, 0) is 4.79 Å². The molecule has 0 saturated carbocycles. The summed E-state index contributed by atoms with van der Waals surface area (Å²) in [5.74, 6) is 1.47. The lowest BCUT2D eigenvalue weighted by molar-refractivity contribution is -0.131. The fourth-order valence-corrected chi connectivity index (χ4v) is 4.23. The minimum Gasteiger partial charge on any atom is -0.496 e. The van der Waals surface area contributed by atoms with E-state index < -0.39 is 0 Å². The molecule has 0 aliphatic carbocycles. The first-order chi connectivity index (χ1) is 15.5. The van der Waals surface area contributed by atoms with Gasteiger partial charge in [0.25, 0.3) is 0 Å². The third-order valence-electron chi connectivity index (χ3n) is 6.09. The average Bonchev–Trinajstić information content (AvgIpc) is 2.82. The summed E-state index contributed by atoms with van der Waals surface area (Å²) in [7, 11) is 1.55. The predicted molar refractivity (Wildman–Crippen MR) is 127 cm³/mol.